The topological polar surface area (TPSA) is 26.3 Å². The Morgan fingerprint density at radius 1 is 1.16 bits per heavy atom. The van der Waals surface area contributed by atoms with Crippen molar-refractivity contribution in [3.63, 3.8) is 0 Å². The van der Waals surface area contributed by atoms with Crippen molar-refractivity contribution in [1.29, 1.82) is 0 Å². The number of hydrogen-bond donors (Lipinski definition) is 0. The number of ketones is 1. The Morgan fingerprint density at radius 2 is 1.84 bits per heavy atom. The maximum atomic E-state index is 12.1. The molecule has 0 atom stereocenters. The zero-order valence-corrected chi connectivity index (χ0v) is 12.3. The van der Waals surface area contributed by atoms with Gasteiger partial charge in [-0.25, -0.2) is 0 Å². The molecule has 0 spiro atoms. The highest BCUT2D eigenvalue weighted by Crippen LogP contribution is 2.23. The van der Waals surface area contributed by atoms with Crippen LogP contribution in [0.1, 0.15) is 32.6 Å². The summed E-state index contributed by atoms with van der Waals surface area (Å²) in [5.41, 5.74) is 2.13. The first-order chi connectivity index (χ1) is 9.11. The van der Waals surface area contributed by atoms with Crippen molar-refractivity contribution in [2.45, 2.75) is 27.2 Å². The molecule has 0 aliphatic carbocycles. The third-order valence-corrected chi connectivity index (χ3v) is 4.31. The maximum Gasteiger partial charge on any atom is 0.210 e. The molecule has 3 heteroatoms. The second-order valence-corrected chi connectivity index (χ2v) is 5.72. The lowest BCUT2D eigenvalue weighted by Crippen LogP contribution is -2.11. The van der Waals surface area contributed by atoms with Gasteiger partial charge in [-0.15, -0.1) is 11.3 Å². The van der Waals surface area contributed by atoms with E-state index in [1.54, 1.807) is 11.3 Å². The van der Waals surface area contributed by atoms with Gasteiger partial charge in [0.25, 0.3) is 0 Å². The van der Waals surface area contributed by atoms with E-state index in [2.05, 4.69) is 6.92 Å². The van der Waals surface area contributed by atoms with Crippen LogP contribution in [0.5, 0.6) is 5.75 Å². The van der Waals surface area contributed by atoms with Crippen molar-refractivity contribution < 1.29 is 9.53 Å². The molecule has 0 unspecified atom stereocenters. The summed E-state index contributed by atoms with van der Waals surface area (Å²) in [4.78, 5) is 14.1. The van der Waals surface area contributed by atoms with Gasteiger partial charge in [0.15, 0.2) is 6.61 Å². The van der Waals surface area contributed by atoms with Gasteiger partial charge < -0.3 is 4.74 Å². The molecule has 0 fully saturated rings. The Labute approximate surface area is 118 Å². The van der Waals surface area contributed by atoms with E-state index in [9.17, 15) is 4.79 Å². The predicted molar refractivity (Wildman–Crippen MR) is 79.4 cm³/mol. The van der Waals surface area contributed by atoms with Gasteiger partial charge in [0.1, 0.15) is 5.75 Å². The van der Waals surface area contributed by atoms with Gasteiger partial charge in [-0.05, 0) is 43.5 Å². The lowest BCUT2D eigenvalue weighted by atomic mass is 10.1. The lowest BCUT2D eigenvalue weighted by Gasteiger charge is -2.10. The van der Waals surface area contributed by atoms with Crippen LogP contribution in [0, 0.1) is 13.8 Å². The molecule has 0 radical (unpaired) electrons. The molecular weight excluding hydrogens is 256 g/mol. The van der Waals surface area contributed by atoms with E-state index in [0.717, 1.165) is 28.2 Å². The van der Waals surface area contributed by atoms with Crippen molar-refractivity contribution in [3.8, 4) is 5.75 Å². The van der Waals surface area contributed by atoms with Crippen LogP contribution in [-0.4, -0.2) is 12.4 Å². The van der Waals surface area contributed by atoms with Crippen LogP contribution in [0.3, 0.4) is 0 Å². The summed E-state index contributed by atoms with van der Waals surface area (Å²) in [6, 6.07) is 9.88. The number of Topliss-reactive ketones (excluding diaryl/α,β-unsaturated/α-hetero) is 1. The summed E-state index contributed by atoms with van der Waals surface area (Å²) in [5.74, 6) is 0.871. The average molecular weight is 274 g/mol. The van der Waals surface area contributed by atoms with Crippen LogP contribution in [-0.2, 0) is 6.42 Å². The van der Waals surface area contributed by atoms with Crippen LogP contribution in [0.15, 0.2) is 30.3 Å². The van der Waals surface area contributed by atoms with E-state index in [0.29, 0.717) is 0 Å². The molecule has 0 aliphatic rings. The van der Waals surface area contributed by atoms with Crippen LogP contribution in [0.4, 0.5) is 0 Å². The molecule has 2 rings (SSSR count). The van der Waals surface area contributed by atoms with Crippen molar-refractivity contribution in [3.05, 3.63) is 51.2 Å². The first-order valence-corrected chi connectivity index (χ1v) is 7.24. The quantitative estimate of drug-likeness (QED) is 0.764. The minimum absolute atomic E-state index is 0.0485. The summed E-state index contributed by atoms with van der Waals surface area (Å²) in [5, 5.41) is 0. The Balaban J connectivity index is 2.04. The van der Waals surface area contributed by atoms with Gasteiger partial charge in [-0.2, -0.15) is 0 Å². The van der Waals surface area contributed by atoms with Crippen LogP contribution >= 0.6 is 11.3 Å². The number of carbonyl (C=O) groups excluding carboxylic acids is 1. The normalized spacial score (nSPS) is 10.5. The molecule has 2 nitrogen and oxygen atoms in total. The second-order valence-electron chi connectivity index (χ2n) is 4.55. The summed E-state index contributed by atoms with van der Waals surface area (Å²) < 4.78 is 5.68. The number of hydrogen-bond acceptors (Lipinski definition) is 3. The average Bonchev–Trinajstić information content (AvgIpc) is 2.86. The molecule has 2 aromatic rings. The van der Waals surface area contributed by atoms with Crippen LogP contribution in [0.25, 0.3) is 0 Å². The van der Waals surface area contributed by atoms with Crippen molar-refractivity contribution in [2.24, 2.45) is 0 Å². The minimum atomic E-state index is 0.0485. The third-order valence-electron chi connectivity index (χ3n) is 3.04. The van der Waals surface area contributed by atoms with Gasteiger partial charge in [0.2, 0.25) is 5.78 Å². The fraction of sp³-hybridized carbons (Fsp3) is 0.312. The number of ether oxygens (including phenoxy) is 1. The van der Waals surface area contributed by atoms with E-state index in [4.69, 9.17) is 4.74 Å². The van der Waals surface area contributed by atoms with E-state index in [-0.39, 0.29) is 12.4 Å². The highest BCUT2D eigenvalue weighted by Gasteiger charge is 2.11. The van der Waals surface area contributed by atoms with E-state index < -0.39 is 0 Å². The number of para-hydroxylation sites is 1. The first kappa shape index (κ1) is 13.8. The van der Waals surface area contributed by atoms with Gasteiger partial charge in [-0.1, -0.05) is 25.1 Å². The molecule has 0 saturated carbocycles. The maximum absolute atomic E-state index is 12.1. The molecule has 1 heterocycles. The lowest BCUT2D eigenvalue weighted by molar-refractivity contribution is 0.0925. The molecule has 0 aliphatic heterocycles. The molecule has 0 N–H and O–H groups in total. The minimum Gasteiger partial charge on any atom is -0.485 e. The summed E-state index contributed by atoms with van der Waals surface area (Å²) in [6.45, 7) is 6.18. The van der Waals surface area contributed by atoms with E-state index >= 15 is 0 Å². The Kier molecular flexibility index (Phi) is 4.38. The van der Waals surface area contributed by atoms with Gasteiger partial charge in [0.05, 0.1) is 4.88 Å². The number of rotatable bonds is 5. The second kappa shape index (κ2) is 6.02. The van der Waals surface area contributed by atoms with Crippen molar-refractivity contribution in [1.82, 2.24) is 0 Å². The van der Waals surface area contributed by atoms with E-state index in [1.165, 1.54) is 4.88 Å². The monoisotopic (exact) mass is 274 g/mol. The zero-order chi connectivity index (χ0) is 13.8. The van der Waals surface area contributed by atoms with Crippen molar-refractivity contribution >= 4 is 17.1 Å². The smallest absolute Gasteiger partial charge is 0.210 e. The number of thiophene rings is 1. The summed E-state index contributed by atoms with van der Waals surface area (Å²) in [6.07, 6.45) is 0.968. The molecule has 0 saturated heterocycles. The van der Waals surface area contributed by atoms with Gasteiger partial charge in [0, 0.05) is 4.88 Å². The van der Waals surface area contributed by atoms with Crippen molar-refractivity contribution in [2.75, 3.05) is 6.61 Å². The highest BCUT2D eigenvalue weighted by atomic mass is 32.1. The summed E-state index contributed by atoms with van der Waals surface area (Å²) in [7, 11) is 0. The molecule has 100 valence electrons. The zero-order valence-electron chi connectivity index (χ0n) is 11.5. The molecular formula is C16H18O2S. The molecule has 19 heavy (non-hydrogen) atoms. The fourth-order valence-electron chi connectivity index (χ4n) is 1.95. The third kappa shape index (κ3) is 3.24. The number of benzene rings is 1. The van der Waals surface area contributed by atoms with Crippen LogP contribution < -0.4 is 4.74 Å². The number of carbonyl (C=O) groups is 1. The molecule has 1 aromatic heterocycles. The Bertz CT molecular complexity index is 564. The Morgan fingerprint density at radius 3 is 2.42 bits per heavy atom. The van der Waals surface area contributed by atoms with Gasteiger partial charge in [-0.3, -0.25) is 4.79 Å². The van der Waals surface area contributed by atoms with Crippen LogP contribution in [0.2, 0.25) is 0 Å². The SMILES string of the molecule is CCc1ccc(C(=O)COc2c(C)cccc2C)s1. The summed E-state index contributed by atoms with van der Waals surface area (Å²) >= 11 is 1.55. The van der Waals surface area contributed by atoms with Gasteiger partial charge >= 0.3 is 0 Å². The predicted octanol–water partition coefficient (Wildman–Crippen LogP) is 4.19. The van der Waals surface area contributed by atoms with E-state index in [1.807, 2.05) is 44.2 Å². The first-order valence-electron chi connectivity index (χ1n) is 6.42. The molecule has 1 aromatic carbocycles. The molecule has 0 amide bonds. The largest absolute Gasteiger partial charge is 0.485 e. The Hall–Kier alpha value is -1.61. The number of aryl methyl sites for hydroxylation is 3. The highest BCUT2D eigenvalue weighted by molar-refractivity contribution is 7.14. The molecule has 0 bridgehead atoms. The standard InChI is InChI=1S/C16H18O2S/c1-4-13-8-9-15(19-13)14(17)10-18-16-11(2)6-5-7-12(16)3/h5-9H,4,10H2,1-3H3. The fourth-order valence-corrected chi connectivity index (χ4v) is 2.83.